The predicted octanol–water partition coefficient (Wildman–Crippen LogP) is 1.71. The van der Waals surface area contributed by atoms with E-state index in [0.717, 1.165) is 5.75 Å². The van der Waals surface area contributed by atoms with E-state index in [1.54, 1.807) is 16.7 Å². The Balaban J connectivity index is 2.43. The molecule has 2 heterocycles. The first-order chi connectivity index (χ1) is 8.39. The van der Waals surface area contributed by atoms with Gasteiger partial charge in [0.25, 0.3) is 0 Å². The van der Waals surface area contributed by atoms with Crippen LogP contribution in [-0.4, -0.2) is 48.1 Å². The van der Waals surface area contributed by atoms with Gasteiger partial charge in [0, 0.05) is 24.3 Å². The van der Waals surface area contributed by atoms with E-state index in [1.165, 1.54) is 12.5 Å². The van der Waals surface area contributed by atoms with Crippen LogP contribution in [0.2, 0.25) is 10.3 Å². The molecule has 0 aliphatic carbocycles. The number of rotatable bonds is 2. The molecule has 1 aliphatic heterocycles. The third kappa shape index (κ3) is 3.01. The average Bonchev–Trinajstić information content (AvgIpc) is 2.31. The summed E-state index contributed by atoms with van der Waals surface area (Å²) in [6.45, 7) is 0.565. The largest absolute Gasteiger partial charge is 0.337 e. The third-order valence-corrected chi connectivity index (χ3v) is 5.64. The van der Waals surface area contributed by atoms with Crippen LogP contribution in [0.3, 0.4) is 0 Å². The van der Waals surface area contributed by atoms with E-state index in [2.05, 4.69) is 9.97 Å². The summed E-state index contributed by atoms with van der Waals surface area (Å²) in [5, 5.41) is -0.264. The van der Waals surface area contributed by atoms with Gasteiger partial charge in [-0.15, -0.1) is 0 Å². The van der Waals surface area contributed by atoms with Crippen molar-refractivity contribution in [1.29, 1.82) is 0 Å². The van der Waals surface area contributed by atoms with E-state index < -0.39 is 15.2 Å². The molecule has 2 rings (SSSR count). The van der Waals surface area contributed by atoms with E-state index in [4.69, 9.17) is 23.2 Å². The Labute approximate surface area is 120 Å². The summed E-state index contributed by atoms with van der Waals surface area (Å²) in [5.74, 6) is 1.70. The van der Waals surface area contributed by atoms with Crippen LogP contribution < -0.4 is 4.90 Å². The number of halogens is 2. The van der Waals surface area contributed by atoms with Gasteiger partial charge in [0.1, 0.15) is 10.4 Å². The zero-order chi connectivity index (χ0) is 13.3. The maximum Gasteiger partial charge on any atom is 0.224 e. The van der Waals surface area contributed by atoms with Crippen molar-refractivity contribution in [3.8, 4) is 0 Å². The zero-order valence-corrected chi connectivity index (χ0v) is 12.7. The standard InChI is InChI=1S/C9H11Cl2N3O2S2/c1-18(15,16)7-5-17-3-2-14(7)8-6(10)4-12-9(11)13-8/h4,7H,2-3,5H2,1H3. The molecule has 5 nitrogen and oxygen atoms in total. The van der Waals surface area contributed by atoms with E-state index in [1.807, 2.05) is 0 Å². The van der Waals surface area contributed by atoms with Gasteiger partial charge >= 0.3 is 0 Å². The summed E-state index contributed by atoms with van der Waals surface area (Å²) in [6, 6.07) is 0. The molecule has 0 bridgehead atoms. The molecule has 1 aliphatic rings. The van der Waals surface area contributed by atoms with Crippen molar-refractivity contribution in [2.75, 3.05) is 29.2 Å². The highest BCUT2D eigenvalue weighted by atomic mass is 35.5. The van der Waals surface area contributed by atoms with Crippen molar-refractivity contribution < 1.29 is 8.42 Å². The Hall–Kier alpha value is -0.240. The maximum atomic E-state index is 11.8. The van der Waals surface area contributed by atoms with E-state index >= 15 is 0 Å². The normalized spacial score (nSPS) is 21.1. The molecule has 0 aromatic carbocycles. The Bertz CT molecular complexity index is 553. The summed E-state index contributed by atoms with van der Waals surface area (Å²) in [5.41, 5.74) is 0. The van der Waals surface area contributed by atoms with Gasteiger partial charge < -0.3 is 4.90 Å². The molecule has 0 spiro atoms. The number of sulfone groups is 1. The summed E-state index contributed by atoms with van der Waals surface area (Å²) in [6.07, 6.45) is 2.60. The van der Waals surface area contributed by atoms with E-state index in [9.17, 15) is 8.42 Å². The van der Waals surface area contributed by atoms with Gasteiger partial charge in [0.2, 0.25) is 5.28 Å². The lowest BCUT2D eigenvalue weighted by Crippen LogP contribution is -2.47. The molecule has 1 aromatic heterocycles. The first-order valence-corrected chi connectivity index (χ1v) is 8.97. The van der Waals surface area contributed by atoms with Crippen LogP contribution >= 0.6 is 35.0 Å². The number of aromatic nitrogens is 2. The fourth-order valence-corrected chi connectivity index (χ4v) is 4.86. The second kappa shape index (κ2) is 5.40. The lowest BCUT2D eigenvalue weighted by atomic mass is 10.4. The van der Waals surface area contributed by atoms with Crippen LogP contribution in [0.1, 0.15) is 0 Å². The van der Waals surface area contributed by atoms with Gasteiger partial charge in [-0.3, -0.25) is 0 Å². The van der Waals surface area contributed by atoms with Crippen LogP contribution in [0.15, 0.2) is 6.20 Å². The van der Waals surface area contributed by atoms with Crippen molar-refractivity contribution in [2.45, 2.75) is 5.37 Å². The highest BCUT2D eigenvalue weighted by molar-refractivity contribution is 8.01. The Morgan fingerprint density at radius 3 is 2.89 bits per heavy atom. The van der Waals surface area contributed by atoms with Crippen molar-refractivity contribution in [1.82, 2.24) is 9.97 Å². The SMILES string of the molecule is CS(=O)(=O)C1CSCCN1c1nc(Cl)ncc1Cl. The number of thioether (sulfide) groups is 1. The Morgan fingerprint density at radius 1 is 1.50 bits per heavy atom. The van der Waals surface area contributed by atoms with Crippen LogP contribution in [0.25, 0.3) is 0 Å². The molecular weight excluding hydrogens is 317 g/mol. The van der Waals surface area contributed by atoms with Gasteiger partial charge in [-0.1, -0.05) is 11.6 Å². The highest BCUT2D eigenvalue weighted by Gasteiger charge is 2.33. The van der Waals surface area contributed by atoms with Crippen molar-refractivity contribution >= 4 is 50.6 Å². The number of anilines is 1. The van der Waals surface area contributed by atoms with Gasteiger partial charge in [0.15, 0.2) is 15.7 Å². The van der Waals surface area contributed by atoms with Crippen molar-refractivity contribution in [2.24, 2.45) is 0 Å². The highest BCUT2D eigenvalue weighted by Crippen LogP contribution is 2.30. The lowest BCUT2D eigenvalue weighted by molar-refractivity contribution is 0.583. The van der Waals surface area contributed by atoms with Crippen LogP contribution in [-0.2, 0) is 9.84 Å². The molecule has 1 aromatic rings. The van der Waals surface area contributed by atoms with Crippen LogP contribution in [0.4, 0.5) is 5.82 Å². The van der Waals surface area contributed by atoms with Crippen molar-refractivity contribution in [3.63, 3.8) is 0 Å². The van der Waals surface area contributed by atoms with Gasteiger partial charge in [0.05, 0.1) is 6.20 Å². The predicted molar refractivity (Wildman–Crippen MR) is 75.4 cm³/mol. The third-order valence-electron chi connectivity index (χ3n) is 2.55. The van der Waals surface area contributed by atoms with Gasteiger partial charge in [-0.25, -0.2) is 13.4 Å². The minimum Gasteiger partial charge on any atom is -0.337 e. The first kappa shape index (κ1) is 14.2. The van der Waals surface area contributed by atoms with Crippen LogP contribution in [0.5, 0.6) is 0 Å². The lowest BCUT2D eigenvalue weighted by Gasteiger charge is -2.35. The van der Waals surface area contributed by atoms with Crippen molar-refractivity contribution in [3.05, 3.63) is 16.5 Å². The zero-order valence-electron chi connectivity index (χ0n) is 9.51. The Morgan fingerprint density at radius 2 is 2.22 bits per heavy atom. The average molecular weight is 328 g/mol. The molecule has 1 saturated heterocycles. The molecule has 9 heteroatoms. The molecule has 18 heavy (non-hydrogen) atoms. The van der Waals surface area contributed by atoms with Gasteiger partial charge in [-0.2, -0.15) is 16.7 Å². The minimum atomic E-state index is -3.21. The number of hydrogen-bond donors (Lipinski definition) is 0. The molecular formula is C9H11Cl2N3O2S2. The molecule has 0 N–H and O–H groups in total. The Kier molecular flexibility index (Phi) is 4.25. The molecule has 0 saturated carbocycles. The fraction of sp³-hybridized carbons (Fsp3) is 0.556. The summed E-state index contributed by atoms with van der Waals surface area (Å²) >= 11 is 13.4. The van der Waals surface area contributed by atoms with Gasteiger partial charge in [-0.05, 0) is 11.6 Å². The van der Waals surface area contributed by atoms with E-state index in [-0.39, 0.29) is 5.28 Å². The minimum absolute atomic E-state index is 0.0554. The molecule has 1 fully saturated rings. The molecule has 0 amide bonds. The topological polar surface area (TPSA) is 63.2 Å². The van der Waals surface area contributed by atoms with Crippen LogP contribution in [0, 0.1) is 0 Å². The molecule has 1 atom stereocenters. The summed E-state index contributed by atoms with van der Waals surface area (Å²) in [7, 11) is -3.21. The summed E-state index contributed by atoms with van der Waals surface area (Å²) < 4.78 is 23.6. The number of nitrogens with zero attached hydrogens (tertiary/aromatic N) is 3. The monoisotopic (exact) mass is 327 g/mol. The maximum absolute atomic E-state index is 11.8. The molecule has 100 valence electrons. The first-order valence-electron chi connectivity index (χ1n) is 5.11. The second-order valence-corrected chi connectivity index (χ2v) is 7.96. The molecule has 0 radical (unpaired) electrons. The molecule has 1 unspecified atom stereocenters. The quantitative estimate of drug-likeness (QED) is 0.770. The number of hydrogen-bond acceptors (Lipinski definition) is 6. The smallest absolute Gasteiger partial charge is 0.224 e. The summed E-state index contributed by atoms with van der Waals surface area (Å²) in [4.78, 5) is 9.48. The van der Waals surface area contributed by atoms with E-state index in [0.29, 0.717) is 23.1 Å². The second-order valence-electron chi connectivity index (χ2n) is 3.86. The fourth-order valence-electron chi connectivity index (χ4n) is 1.72.